The Morgan fingerprint density at radius 2 is 1.89 bits per heavy atom. The van der Waals surface area contributed by atoms with Crippen molar-refractivity contribution in [3.63, 3.8) is 0 Å². The molecule has 0 aliphatic heterocycles. The maximum absolute atomic E-state index is 5.75. The van der Waals surface area contributed by atoms with E-state index in [-0.39, 0.29) is 5.60 Å². The number of halogens is 1. The lowest BCUT2D eigenvalue weighted by molar-refractivity contribution is 0.0843. The maximum Gasteiger partial charge on any atom is 0.0680 e. The predicted molar refractivity (Wildman–Crippen MR) is 79.3 cm³/mol. The summed E-state index contributed by atoms with van der Waals surface area (Å²) in [5.74, 6) is 0.789. The topological polar surface area (TPSA) is 9.23 Å². The number of hydrogen-bond donors (Lipinski definition) is 0. The van der Waals surface area contributed by atoms with Crippen molar-refractivity contribution in [3.8, 4) is 0 Å². The van der Waals surface area contributed by atoms with Gasteiger partial charge in [0.2, 0.25) is 0 Å². The van der Waals surface area contributed by atoms with Crippen LogP contribution in [-0.4, -0.2) is 12.7 Å². The van der Waals surface area contributed by atoms with E-state index in [1.54, 1.807) is 7.11 Å². The average Bonchev–Trinajstić information content (AvgIpc) is 2.98. The summed E-state index contributed by atoms with van der Waals surface area (Å²) in [5.41, 5.74) is 1.64. The third kappa shape index (κ3) is 4.99. The molecule has 1 aliphatic rings. The van der Waals surface area contributed by atoms with Crippen LogP contribution in [0, 0.1) is 5.92 Å². The largest absolute Gasteiger partial charge is 0.378 e. The standard InChI is InChI=1S/C10H13Cl.C6H12O/c1-2-3-4-9-5-7-10(11)8-6-9;1-5-4-6(5,2)7-3/h5-8H,2-4H2,1H3;5H,4H2,1-3H3. The second kappa shape index (κ2) is 7.16. The summed E-state index contributed by atoms with van der Waals surface area (Å²) in [5, 5.41) is 0.824. The van der Waals surface area contributed by atoms with Gasteiger partial charge in [0.25, 0.3) is 0 Å². The maximum atomic E-state index is 5.75. The first-order valence-electron chi connectivity index (χ1n) is 6.81. The Hall–Kier alpha value is -0.530. The summed E-state index contributed by atoms with van der Waals surface area (Å²) in [6.07, 6.45) is 4.93. The molecule has 0 heterocycles. The molecule has 1 aromatic rings. The lowest BCUT2D eigenvalue weighted by Gasteiger charge is -2.03. The number of rotatable bonds is 4. The minimum Gasteiger partial charge on any atom is -0.378 e. The van der Waals surface area contributed by atoms with Gasteiger partial charge in [0.05, 0.1) is 5.60 Å². The number of ether oxygens (including phenoxy) is 1. The summed E-state index contributed by atoms with van der Waals surface area (Å²) in [7, 11) is 1.78. The zero-order chi connectivity index (χ0) is 13.6. The second-order valence-corrected chi connectivity index (χ2v) is 5.79. The van der Waals surface area contributed by atoms with Crippen LogP contribution in [-0.2, 0) is 11.2 Å². The Kier molecular flexibility index (Phi) is 6.17. The SMILES string of the molecule is CCCCc1ccc(Cl)cc1.COC1(C)CC1C. The van der Waals surface area contributed by atoms with Crippen LogP contribution in [0.4, 0.5) is 0 Å². The Balaban J connectivity index is 0.000000199. The van der Waals surface area contributed by atoms with Gasteiger partial charge in [-0.1, -0.05) is 44.0 Å². The van der Waals surface area contributed by atoms with Crippen molar-refractivity contribution >= 4 is 11.6 Å². The zero-order valence-electron chi connectivity index (χ0n) is 12.0. The van der Waals surface area contributed by atoms with Gasteiger partial charge in [-0.05, 0) is 49.8 Å². The number of methoxy groups -OCH3 is 1. The van der Waals surface area contributed by atoms with Gasteiger partial charge < -0.3 is 4.74 Å². The molecule has 1 nitrogen and oxygen atoms in total. The van der Waals surface area contributed by atoms with Crippen molar-refractivity contribution in [1.82, 2.24) is 0 Å². The Morgan fingerprint density at radius 3 is 2.22 bits per heavy atom. The van der Waals surface area contributed by atoms with Gasteiger partial charge >= 0.3 is 0 Å². The summed E-state index contributed by atoms with van der Waals surface area (Å²) in [6.45, 7) is 6.57. The second-order valence-electron chi connectivity index (χ2n) is 5.35. The van der Waals surface area contributed by atoms with Crippen molar-refractivity contribution in [3.05, 3.63) is 34.9 Å². The van der Waals surface area contributed by atoms with Crippen LogP contribution < -0.4 is 0 Å². The van der Waals surface area contributed by atoms with E-state index >= 15 is 0 Å². The van der Waals surface area contributed by atoms with Gasteiger partial charge in [-0.25, -0.2) is 0 Å². The highest BCUT2D eigenvalue weighted by atomic mass is 35.5. The molecule has 2 rings (SSSR count). The van der Waals surface area contributed by atoms with Crippen LogP contribution in [0.1, 0.15) is 45.6 Å². The first-order valence-corrected chi connectivity index (χ1v) is 7.19. The average molecular weight is 269 g/mol. The van der Waals surface area contributed by atoms with Crippen molar-refractivity contribution in [2.45, 2.75) is 52.1 Å². The molecule has 2 heteroatoms. The van der Waals surface area contributed by atoms with Gasteiger partial charge in [-0.2, -0.15) is 0 Å². The minimum atomic E-state index is 0.250. The number of hydrogen-bond acceptors (Lipinski definition) is 1. The van der Waals surface area contributed by atoms with Crippen LogP contribution in [0.15, 0.2) is 24.3 Å². The fourth-order valence-corrected chi connectivity index (χ4v) is 1.99. The Morgan fingerprint density at radius 1 is 1.33 bits per heavy atom. The molecule has 1 aliphatic carbocycles. The summed E-state index contributed by atoms with van der Waals surface area (Å²) >= 11 is 5.75. The molecule has 0 N–H and O–H groups in total. The van der Waals surface area contributed by atoms with Gasteiger partial charge in [0, 0.05) is 12.1 Å². The summed E-state index contributed by atoms with van der Waals surface area (Å²) < 4.78 is 5.16. The first kappa shape index (κ1) is 15.5. The van der Waals surface area contributed by atoms with E-state index in [9.17, 15) is 0 Å². The van der Waals surface area contributed by atoms with Crippen LogP contribution in [0.3, 0.4) is 0 Å². The van der Waals surface area contributed by atoms with Crippen LogP contribution in [0.5, 0.6) is 0 Å². The molecule has 0 aromatic heterocycles. The molecule has 1 saturated carbocycles. The van der Waals surface area contributed by atoms with E-state index in [0.29, 0.717) is 0 Å². The third-order valence-corrected chi connectivity index (χ3v) is 4.04. The molecule has 0 radical (unpaired) electrons. The highest BCUT2D eigenvalue weighted by Gasteiger charge is 2.46. The Bertz CT molecular complexity index is 343. The van der Waals surface area contributed by atoms with Crippen molar-refractivity contribution < 1.29 is 4.74 Å². The minimum absolute atomic E-state index is 0.250. The zero-order valence-corrected chi connectivity index (χ0v) is 12.8. The molecule has 1 aromatic carbocycles. The van der Waals surface area contributed by atoms with Crippen molar-refractivity contribution in [2.24, 2.45) is 5.92 Å². The molecule has 2 unspecified atom stereocenters. The van der Waals surface area contributed by atoms with Crippen molar-refractivity contribution in [1.29, 1.82) is 0 Å². The van der Waals surface area contributed by atoms with E-state index in [0.717, 1.165) is 10.9 Å². The van der Waals surface area contributed by atoms with Gasteiger partial charge in [0.15, 0.2) is 0 Å². The highest BCUT2D eigenvalue weighted by molar-refractivity contribution is 6.30. The number of aryl methyl sites for hydroxylation is 1. The predicted octanol–water partition coefficient (Wildman–Crippen LogP) is 5.11. The third-order valence-electron chi connectivity index (χ3n) is 3.79. The number of unbranched alkanes of at least 4 members (excludes halogenated alkanes) is 1. The van der Waals surface area contributed by atoms with E-state index < -0.39 is 0 Å². The fraction of sp³-hybridized carbons (Fsp3) is 0.625. The highest BCUT2D eigenvalue weighted by Crippen LogP contribution is 2.45. The van der Waals surface area contributed by atoms with Gasteiger partial charge in [0.1, 0.15) is 0 Å². The van der Waals surface area contributed by atoms with E-state index in [1.165, 1.54) is 31.2 Å². The molecule has 2 atom stereocenters. The molecular formula is C16H25ClO. The van der Waals surface area contributed by atoms with Crippen LogP contribution in [0.2, 0.25) is 5.02 Å². The van der Waals surface area contributed by atoms with Gasteiger partial charge in [-0.15, -0.1) is 0 Å². The molecule has 0 bridgehead atoms. The van der Waals surface area contributed by atoms with E-state index in [2.05, 4.69) is 32.9 Å². The molecule has 18 heavy (non-hydrogen) atoms. The molecule has 0 amide bonds. The normalized spacial score (nSPS) is 25.3. The van der Waals surface area contributed by atoms with E-state index in [1.807, 2.05) is 12.1 Å². The summed E-state index contributed by atoms with van der Waals surface area (Å²) in [6, 6.07) is 8.09. The van der Waals surface area contributed by atoms with Gasteiger partial charge in [-0.3, -0.25) is 0 Å². The lowest BCUT2D eigenvalue weighted by Crippen LogP contribution is -2.06. The van der Waals surface area contributed by atoms with Crippen LogP contribution in [0.25, 0.3) is 0 Å². The fourth-order valence-electron chi connectivity index (χ4n) is 1.87. The quantitative estimate of drug-likeness (QED) is 0.737. The van der Waals surface area contributed by atoms with E-state index in [4.69, 9.17) is 16.3 Å². The lowest BCUT2D eigenvalue weighted by atomic mass is 10.1. The smallest absolute Gasteiger partial charge is 0.0680 e. The molecule has 1 fully saturated rings. The first-order chi connectivity index (χ1) is 8.51. The summed E-state index contributed by atoms with van der Waals surface area (Å²) in [4.78, 5) is 0. The molecule has 102 valence electrons. The molecule has 0 spiro atoms. The molecular weight excluding hydrogens is 244 g/mol. The Labute approximate surface area is 116 Å². The molecule has 0 saturated heterocycles. The van der Waals surface area contributed by atoms with Crippen molar-refractivity contribution in [2.75, 3.05) is 7.11 Å². The van der Waals surface area contributed by atoms with Crippen LogP contribution >= 0.6 is 11.6 Å². The number of benzene rings is 1. The monoisotopic (exact) mass is 268 g/mol.